The Morgan fingerprint density at radius 3 is 1.55 bits per heavy atom. The summed E-state index contributed by atoms with van der Waals surface area (Å²) in [7, 11) is -3.06. The fourth-order valence-corrected chi connectivity index (χ4v) is 11.1. The summed E-state index contributed by atoms with van der Waals surface area (Å²) in [5.41, 5.74) is 1.66. The second-order valence-electron chi connectivity index (χ2n) is 14.8. The molecule has 0 aromatic heterocycles. The monoisotopic (exact) mass is 735 g/mol. The van der Waals surface area contributed by atoms with Gasteiger partial charge < -0.3 is 25.1 Å². The van der Waals surface area contributed by atoms with Gasteiger partial charge in [-0.15, -0.1) is 0 Å². The van der Waals surface area contributed by atoms with Crippen LogP contribution in [0.15, 0.2) is 121 Å². The molecule has 0 radical (unpaired) electrons. The highest BCUT2D eigenvalue weighted by Crippen LogP contribution is 2.36. The molecule has 0 saturated carbocycles. The minimum absolute atomic E-state index is 0.0104. The first-order valence-electron chi connectivity index (χ1n) is 18.2. The van der Waals surface area contributed by atoms with Gasteiger partial charge in [-0.2, -0.15) is 0 Å². The van der Waals surface area contributed by atoms with E-state index in [1.54, 1.807) is 0 Å². The van der Waals surface area contributed by atoms with Gasteiger partial charge in [0.15, 0.2) is 0 Å². The van der Waals surface area contributed by atoms with Crippen molar-refractivity contribution in [2.75, 3.05) is 6.61 Å². The third kappa shape index (κ3) is 11.5. The number of carbonyl (C=O) groups excluding carboxylic acids is 4. The lowest BCUT2D eigenvalue weighted by molar-refractivity contribution is -0.149. The zero-order valence-electron chi connectivity index (χ0n) is 31.6. The van der Waals surface area contributed by atoms with E-state index in [0.717, 1.165) is 21.5 Å². The number of nitrogens with one attached hydrogen (secondary N) is 3. The van der Waals surface area contributed by atoms with Crippen LogP contribution in [0, 0.1) is 5.92 Å². The number of ether oxygens (including phenoxy) is 1. The van der Waals surface area contributed by atoms with Gasteiger partial charge in [-0.1, -0.05) is 156 Å². The minimum atomic E-state index is -3.06. The van der Waals surface area contributed by atoms with E-state index in [1.807, 2.05) is 111 Å². The third-order valence-corrected chi connectivity index (χ3v) is 14.0. The summed E-state index contributed by atoms with van der Waals surface area (Å²) in [5.74, 6) is -2.08. The van der Waals surface area contributed by atoms with Gasteiger partial charge in [-0.05, 0) is 38.9 Å². The highest BCUT2D eigenvalue weighted by Gasteiger charge is 2.50. The maximum atomic E-state index is 14.1. The van der Waals surface area contributed by atoms with Crippen molar-refractivity contribution in [3.05, 3.63) is 132 Å². The fraction of sp³-hybridized carbons (Fsp3) is 0.349. The average Bonchev–Trinajstić information content (AvgIpc) is 3.13. The Morgan fingerprint density at radius 2 is 1.08 bits per heavy atom. The number of benzene rings is 4. The highest BCUT2D eigenvalue weighted by atomic mass is 28.4. The van der Waals surface area contributed by atoms with Gasteiger partial charge in [0.25, 0.3) is 8.32 Å². The highest BCUT2D eigenvalue weighted by molar-refractivity contribution is 6.99. The van der Waals surface area contributed by atoms with E-state index in [2.05, 4.69) is 61.0 Å². The lowest BCUT2D eigenvalue weighted by atomic mass is 10.0. The molecule has 4 aromatic carbocycles. The smallest absolute Gasteiger partial charge is 0.329 e. The Balaban J connectivity index is 1.58. The minimum Gasteiger partial charge on any atom is -0.459 e. The largest absolute Gasteiger partial charge is 0.459 e. The van der Waals surface area contributed by atoms with Crippen molar-refractivity contribution in [3.63, 3.8) is 0 Å². The molecule has 0 aliphatic rings. The first-order valence-corrected chi connectivity index (χ1v) is 20.1. The van der Waals surface area contributed by atoms with Crippen molar-refractivity contribution in [3.8, 4) is 0 Å². The summed E-state index contributed by atoms with van der Waals surface area (Å²) >= 11 is 0. The van der Waals surface area contributed by atoms with Crippen LogP contribution in [0.4, 0.5) is 0 Å². The van der Waals surface area contributed by atoms with Crippen LogP contribution < -0.4 is 26.3 Å². The van der Waals surface area contributed by atoms with Gasteiger partial charge in [0.1, 0.15) is 24.7 Å². The van der Waals surface area contributed by atoms with Crippen LogP contribution >= 0.6 is 0 Å². The first-order chi connectivity index (χ1) is 25.3. The van der Waals surface area contributed by atoms with E-state index in [9.17, 15) is 19.2 Å². The molecule has 0 heterocycles. The number of hydrogen-bond acceptors (Lipinski definition) is 6. The molecule has 10 heteroatoms. The summed E-state index contributed by atoms with van der Waals surface area (Å²) in [6.45, 7) is 11.6. The van der Waals surface area contributed by atoms with Gasteiger partial charge in [0.2, 0.25) is 17.7 Å². The molecular weight excluding hydrogens is 683 g/mol. The lowest BCUT2D eigenvalue weighted by Crippen LogP contribution is -2.68. The second kappa shape index (κ2) is 19.1. The van der Waals surface area contributed by atoms with E-state index < -0.39 is 50.1 Å². The van der Waals surface area contributed by atoms with Crippen molar-refractivity contribution in [1.29, 1.82) is 0 Å². The van der Waals surface area contributed by atoms with Gasteiger partial charge in [0.05, 0.1) is 6.61 Å². The molecule has 0 bridgehead atoms. The topological polar surface area (TPSA) is 123 Å². The second-order valence-corrected chi connectivity index (χ2v) is 19.1. The molecule has 0 aliphatic heterocycles. The molecule has 3 amide bonds. The number of rotatable bonds is 17. The number of esters is 1. The van der Waals surface area contributed by atoms with Crippen molar-refractivity contribution in [1.82, 2.24) is 16.0 Å². The van der Waals surface area contributed by atoms with Crippen LogP contribution in [0.3, 0.4) is 0 Å². The Labute approximate surface area is 315 Å². The standard InChI is InChI=1S/C43H53N3O6Si/c1-31(2)27-37(40(48)46-38(28-33-19-11-7-12-20-33)42(50)51-29-34-21-13-8-14-22-34)45-41(49)39(44-32(3)47)30-52-53(43(4,5)6,35-23-15-9-16-24-35)36-25-17-10-18-26-36/h7-26,31,37-39H,27-30H2,1-6H3,(H,44,47)(H,45,49)(H,46,48)/t37-,38?,39-/m0/s1. The van der Waals surface area contributed by atoms with E-state index in [-0.39, 0.29) is 37.0 Å². The Kier molecular flexibility index (Phi) is 14.7. The van der Waals surface area contributed by atoms with Gasteiger partial charge >= 0.3 is 5.97 Å². The van der Waals surface area contributed by atoms with Crippen LogP contribution in [-0.4, -0.2) is 56.7 Å². The summed E-state index contributed by atoms with van der Waals surface area (Å²) in [6, 6.07) is 35.6. The Bertz CT molecular complexity index is 1730. The van der Waals surface area contributed by atoms with Crippen LogP contribution in [0.2, 0.25) is 5.04 Å². The third-order valence-electron chi connectivity index (χ3n) is 9.02. The predicted molar refractivity (Wildman–Crippen MR) is 211 cm³/mol. The van der Waals surface area contributed by atoms with Crippen molar-refractivity contribution < 1.29 is 28.3 Å². The molecule has 4 rings (SSSR count). The van der Waals surface area contributed by atoms with Gasteiger partial charge in [-0.25, -0.2) is 4.79 Å². The van der Waals surface area contributed by atoms with E-state index in [0.29, 0.717) is 0 Å². The quantitative estimate of drug-likeness (QED) is 0.103. The summed E-state index contributed by atoms with van der Waals surface area (Å²) in [4.78, 5) is 54.1. The number of amides is 3. The van der Waals surface area contributed by atoms with Crippen molar-refractivity contribution in [2.24, 2.45) is 5.92 Å². The zero-order valence-corrected chi connectivity index (χ0v) is 32.6. The summed E-state index contributed by atoms with van der Waals surface area (Å²) in [5, 5.41) is 10.2. The predicted octanol–water partition coefficient (Wildman–Crippen LogP) is 5.07. The van der Waals surface area contributed by atoms with Gasteiger partial charge in [-0.3, -0.25) is 14.4 Å². The SMILES string of the molecule is CC(=O)N[C@@H](CO[Si](c1ccccc1)(c1ccccc1)C(C)(C)C)C(=O)N[C@@H](CC(C)C)C(=O)NC(Cc1ccccc1)C(=O)OCc1ccccc1. The molecule has 0 saturated heterocycles. The molecule has 1 unspecified atom stereocenters. The molecule has 0 aliphatic carbocycles. The normalized spacial score (nSPS) is 13.3. The molecule has 9 nitrogen and oxygen atoms in total. The van der Waals surface area contributed by atoms with Crippen LogP contribution in [0.5, 0.6) is 0 Å². The molecular formula is C43H53N3O6Si. The zero-order chi connectivity index (χ0) is 38.4. The maximum absolute atomic E-state index is 14.1. The molecule has 3 atom stereocenters. The van der Waals surface area contributed by atoms with Crippen molar-refractivity contribution >= 4 is 42.4 Å². The fourth-order valence-electron chi connectivity index (χ4n) is 6.52. The van der Waals surface area contributed by atoms with E-state index >= 15 is 0 Å². The Morgan fingerprint density at radius 1 is 0.623 bits per heavy atom. The Hall–Kier alpha value is -5.06. The van der Waals surface area contributed by atoms with Crippen LogP contribution in [0.25, 0.3) is 0 Å². The van der Waals surface area contributed by atoms with Gasteiger partial charge in [0, 0.05) is 13.3 Å². The molecule has 3 N–H and O–H groups in total. The molecule has 4 aromatic rings. The lowest BCUT2D eigenvalue weighted by Gasteiger charge is -2.43. The maximum Gasteiger partial charge on any atom is 0.329 e. The first kappa shape index (κ1) is 40.7. The summed E-state index contributed by atoms with van der Waals surface area (Å²) < 4.78 is 12.7. The molecule has 0 fully saturated rings. The van der Waals surface area contributed by atoms with Crippen LogP contribution in [-0.2, 0) is 41.4 Å². The molecule has 0 spiro atoms. The molecule has 53 heavy (non-hydrogen) atoms. The number of carbonyl (C=O) groups is 4. The molecule has 280 valence electrons. The van der Waals surface area contributed by atoms with E-state index in [1.165, 1.54) is 6.92 Å². The summed E-state index contributed by atoms with van der Waals surface area (Å²) in [6.07, 6.45) is 0.487. The van der Waals surface area contributed by atoms with Crippen molar-refractivity contribution in [2.45, 2.75) is 84.2 Å². The van der Waals surface area contributed by atoms with E-state index in [4.69, 9.17) is 9.16 Å². The average molecular weight is 736 g/mol. The number of hydrogen-bond donors (Lipinski definition) is 3. The van der Waals surface area contributed by atoms with Crippen LogP contribution in [0.1, 0.15) is 59.1 Å².